The van der Waals surface area contributed by atoms with Crippen LogP contribution in [0.15, 0.2) is 60.3 Å². The molecule has 2 aromatic rings. The Balaban J connectivity index is 1.87. The molecule has 1 unspecified atom stereocenters. The standard InChI is InChI=1S/C21H25N3O/c1-14-10-16(6-8-22-14)19-12-18(7-9-23-19)25-20-11-17(21(3,4)5)13-24-15(20)2/h6-13,15,24H,1-5H3. The zero-order chi connectivity index (χ0) is 18.0. The van der Waals surface area contributed by atoms with Gasteiger partial charge < -0.3 is 10.1 Å². The summed E-state index contributed by atoms with van der Waals surface area (Å²) in [7, 11) is 0. The Kier molecular flexibility index (Phi) is 4.62. The number of aromatic nitrogens is 2. The third kappa shape index (κ3) is 4.08. The summed E-state index contributed by atoms with van der Waals surface area (Å²) in [6.07, 6.45) is 7.80. The molecule has 0 spiro atoms. The van der Waals surface area contributed by atoms with E-state index in [1.807, 2.05) is 31.2 Å². The third-order valence-electron chi connectivity index (χ3n) is 4.24. The molecule has 1 atom stereocenters. The van der Waals surface area contributed by atoms with Crippen LogP contribution < -0.4 is 10.1 Å². The van der Waals surface area contributed by atoms with Crippen LogP contribution >= 0.6 is 0 Å². The number of ether oxygens (including phenoxy) is 1. The molecule has 1 aliphatic rings. The van der Waals surface area contributed by atoms with Gasteiger partial charge >= 0.3 is 0 Å². The van der Waals surface area contributed by atoms with Gasteiger partial charge in [-0.1, -0.05) is 20.8 Å². The molecule has 0 amide bonds. The highest BCUT2D eigenvalue weighted by molar-refractivity contribution is 5.60. The number of allylic oxidation sites excluding steroid dienone is 2. The fourth-order valence-electron chi connectivity index (χ4n) is 2.64. The summed E-state index contributed by atoms with van der Waals surface area (Å²) in [6, 6.07) is 7.98. The maximum Gasteiger partial charge on any atom is 0.130 e. The topological polar surface area (TPSA) is 47.0 Å². The maximum absolute atomic E-state index is 6.19. The Labute approximate surface area is 149 Å². The fourth-order valence-corrected chi connectivity index (χ4v) is 2.64. The number of rotatable bonds is 3. The largest absolute Gasteiger partial charge is 0.459 e. The molecular formula is C21H25N3O. The number of nitrogens with one attached hydrogen (secondary N) is 1. The van der Waals surface area contributed by atoms with Crippen LogP contribution in [0.5, 0.6) is 5.75 Å². The number of hydrogen-bond acceptors (Lipinski definition) is 4. The molecular weight excluding hydrogens is 310 g/mol. The summed E-state index contributed by atoms with van der Waals surface area (Å²) >= 11 is 0. The monoisotopic (exact) mass is 335 g/mol. The van der Waals surface area contributed by atoms with Gasteiger partial charge in [0.05, 0.1) is 11.7 Å². The van der Waals surface area contributed by atoms with Crippen LogP contribution in [0.1, 0.15) is 33.4 Å². The summed E-state index contributed by atoms with van der Waals surface area (Å²) in [4.78, 5) is 8.70. The molecule has 4 heteroatoms. The number of nitrogens with zero attached hydrogens (tertiary/aromatic N) is 2. The highest BCUT2D eigenvalue weighted by atomic mass is 16.5. The van der Waals surface area contributed by atoms with E-state index in [1.165, 1.54) is 5.57 Å². The summed E-state index contributed by atoms with van der Waals surface area (Å²) < 4.78 is 6.19. The van der Waals surface area contributed by atoms with Gasteiger partial charge in [0.25, 0.3) is 0 Å². The molecule has 0 saturated carbocycles. The Morgan fingerprint density at radius 2 is 1.84 bits per heavy atom. The summed E-state index contributed by atoms with van der Waals surface area (Å²) in [5.74, 6) is 1.70. The lowest BCUT2D eigenvalue weighted by Crippen LogP contribution is -2.31. The molecule has 25 heavy (non-hydrogen) atoms. The zero-order valence-corrected chi connectivity index (χ0v) is 15.5. The number of pyridine rings is 2. The first-order valence-corrected chi connectivity index (χ1v) is 8.58. The molecule has 1 aliphatic heterocycles. The summed E-state index contributed by atoms with van der Waals surface area (Å²) in [6.45, 7) is 10.7. The van der Waals surface area contributed by atoms with E-state index in [0.29, 0.717) is 0 Å². The quantitative estimate of drug-likeness (QED) is 0.888. The first-order chi connectivity index (χ1) is 11.8. The van der Waals surface area contributed by atoms with Crippen molar-refractivity contribution in [1.29, 1.82) is 0 Å². The molecule has 4 nitrogen and oxygen atoms in total. The van der Waals surface area contributed by atoms with Crippen LogP contribution in [0.25, 0.3) is 11.3 Å². The Morgan fingerprint density at radius 3 is 2.56 bits per heavy atom. The molecule has 2 aromatic heterocycles. The molecule has 0 radical (unpaired) electrons. The van der Waals surface area contributed by atoms with Gasteiger partial charge in [-0.25, -0.2) is 0 Å². The minimum absolute atomic E-state index is 0.0692. The van der Waals surface area contributed by atoms with Crippen molar-refractivity contribution >= 4 is 0 Å². The normalized spacial score (nSPS) is 17.4. The third-order valence-corrected chi connectivity index (χ3v) is 4.24. The Morgan fingerprint density at radius 1 is 1.08 bits per heavy atom. The minimum atomic E-state index is 0.0692. The first kappa shape index (κ1) is 17.2. The highest BCUT2D eigenvalue weighted by Gasteiger charge is 2.22. The molecule has 3 rings (SSSR count). The van der Waals surface area contributed by atoms with E-state index in [9.17, 15) is 0 Å². The van der Waals surface area contributed by atoms with E-state index in [1.54, 1.807) is 12.4 Å². The summed E-state index contributed by atoms with van der Waals surface area (Å²) in [5, 5.41) is 3.38. The first-order valence-electron chi connectivity index (χ1n) is 8.58. The number of aryl methyl sites for hydroxylation is 1. The molecule has 3 heterocycles. The molecule has 1 N–H and O–H groups in total. The maximum atomic E-state index is 6.19. The molecule has 0 fully saturated rings. The van der Waals surface area contributed by atoms with E-state index in [-0.39, 0.29) is 11.5 Å². The molecule has 0 saturated heterocycles. The SMILES string of the molecule is Cc1cc(-c2cc(OC3=CC(C(C)(C)C)=CNC3C)ccn2)ccn1. The molecule has 0 bridgehead atoms. The zero-order valence-electron chi connectivity index (χ0n) is 15.5. The van der Waals surface area contributed by atoms with Crippen molar-refractivity contribution in [3.63, 3.8) is 0 Å². The van der Waals surface area contributed by atoms with Gasteiger partial charge in [-0.2, -0.15) is 0 Å². The van der Waals surface area contributed by atoms with Crippen molar-refractivity contribution in [3.05, 3.63) is 66.0 Å². The number of dihydropyridines is 1. The van der Waals surface area contributed by atoms with Gasteiger partial charge in [-0.15, -0.1) is 0 Å². The van der Waals surface area contributed by atoms with E-state index in [2.05, 4.69) is 55.3 Å². The van der Waals surface area contributed by atoms with E-state index >= 15 is 0 Å². The van der Waals surface area contributed by atoms with Crippen LogP contribution in [0, 0.1) is 12.3 Å². The number of hydrogen-bond donors (Lipinski definition) is 1. The smallest absolute Gasteiger partial charge is 0.130 e. The highest BCUT2D eigenvalue weighted by Crippen LogP contribution is 2.31. The molecule has 130 valence electrons. The van der Waals surface area contributed by atoms with Crippen LogP contribution in [0.2, 0.25) is 0 Å². The van der Waals surface area contributed by atoms with Gasteiger partial charge in [-0.3, -0.25) is 9.97 Å². The fraction of sp³-hybridized carbons (Fsp3) is 0.333. The predicted octanol–water partition coefficient (Wildman–Crippen LogP) is 4.64. The van der Waals surface area contributed by atoms with Gasteiger partial charge in [0.2, 0.25) is 0 Å². The van der Waals surface area contributed by atoms with E-state index < -0.39 is 0 Å². The Bertz CT molecular complexity index is 831. The average Bonchev–Trinajstić information content (AvgIpc) is 2.56. The van der Waals surface area contributed by atoms with E-state index in [0.717, 1.165) is 28.5 Å². The van der Waals surface area contributed by atoms with Crippen molar-refractivity contribution in [1.82, 2.24) is 15.3 Å². The lowest BCUT2D eigenvalue weighted by atomic mass is 9.85. The summed E-state index contributed by atoms with van der Waals surface area (Å²) in [5.41, 5.74) is 4.18. The average molecular weight is 335 g/mol. The second-order valence-corrected chi connectivity index (χ2v) is 7.45. The van der Waals surface area contributed by atoms with Crippen LogP contribution in [0.4, 0.5) is 0 Å². The lowest BCUT2D eigenvalue weighted by molar-refractivity contribution is 0.365. The minimum Gasteiger partial charge on any atom is -0.459 e. The van der Waals surface area contributed by atoms with Crippen molar-refractivity contribution in [2.75, 3.05) is 0 Å². The van der Waals surface area contributed by atoms with Gasteiger partial charge in [0.15, 0.2) is 0 Å². The van der Waals surface area contributed by atoms with Crippen LogP contribution in [-0.2, 0) is 0 Å². The predicted molar refractivity (Wildman–Crippen MR) is 101 cm³/mol. The van der Waals surface area contributed by atoms with Crippen LogP contribution in [0.3, 0.4) is 0 Å². The van der Waals surface area contributed by atoms with Crippen molar-refractivity contribution in [2.24, 2.45) is 5.41 Å². The lowest BCUT2D eigenvalue weighted by Gasteiger charge is -2.28. The van der Waals surface area contributed by atoms with Crippen molar-refractivity contribution in [3.8, 4) is 17.0 Å². The van der Waals surface area contributed by atoms with Crippen molar-refractivity contribution in [2.45, 2.75) is 40.7 Å². The van der Waals surface area contributed by atoms with Gasteiger partial charge in [0.1, 0.15) is 11.5 Å². The molecule has 0 aromatic carbocycles. The Hall–Kier alpha value is -2.62. The van der Waals surface area contributed by atoms with Crippen molar-refractivity contribution < 1.29 is 4.74 Å². The van der Waals surface area contributed by atoms with Gasteiger partial charge in [-0.05, 0) is 49.1 Å². The van der Waals surface area contributed by atoms with Gasteiger partial charge in [0, 0.05) is 35.9 Å². The van der Waals surface area contributed by atoms with E-state index in [4.69, 9.17) is 4.74 Å². The molecule has 0 aliphatic carbocycles. The van der Waals surface area contributed by atoms with Crippen LogP contribution in [-0.4, -0.2) is 16.0 Å². The second kappa shape index (κ2) is 6.71. The second-order valence-electron chi connectivity index (χ2n) is 7.45.